The Morgan fingerprint density at radius 1 is 1.26 bits per heavy atom. The molecule has 5 heteroatoms. The molecule has 0 saturated heterocycles. The van der Waals surface area contributed by atoms with Crippen LogP contribution in [0.2, 0.25) is 0 Å². The molecule has 0 aromatic heterocycles. The Kier molecular flexibility index (Phi) is 6.91. The highest BCUT2D eigenvalue weighted by Crippen LogP contribution is 2.17. The first kappa shape index (κ1) is 17.3. The van der Waals surface area contributed by atoms with Gasteiger partial charge in [0.1, 0.15) is 0 Å². The first-order valence-corrected chi connectivity index (χ1v) is 8.62. The highest BCUT2D eigenvalue weighted by atomic mass is 16.1. The van der Waals surface area contributed by atoms with Gasteiger partial charge in [-0.1, -0.05) is 37.8 Å². The van der Waals surface area contributed by atoms with Gasteiger partial charge < -0.3 is 16.4 Å². The van der Waals surface area contributed by atoms with Crippen molar-refractivity contribution in [2.75, 3.05) is 6.54 Å². The molecule has 5 nitrogen and oxygen atoms in total. The predicted octanol–water partition coefficient (Wildman–Crippen LogP) is 2.56. The van der Waals surface area contributed by atoms with Crippen LogP contribution >= 0.6 is 0 Å². The Bertz CT molecular complexity index is 534. The van der Waals surface area contributed by atoms with Crippen LogP contribution in [0, 0.1) is 0 Å². The number of aliphatic imine (C=N–C) groups is 1. The summed E-state index contributed by atoms with van der Waals surface area (Å²) in [5.41, 5.74) is 7.66. The van der Waals surface area contributed by atoms with Crippen molar-refractivity contribution in [1.82, 2.24) is 10.6 Å². The second-order valence-electron chi connectivity index (χ2n) is 6.09. The summed E-state index contributed by atoms with van der Waals surface area (Å²) in [5.74, 6) is 0.447. The summed E-state index contributed by atoms with van der Waals surface area (Å²) in [4.78, 5) is 16.3. The first-order valence-electron chi connectivity index (χ1n) is 8.62. The van der Waals surface area contributed by atoms with E-state index in [4.69, 9.17) is 5.73 Å². The maximum Gasteiger partial charge on any atom is 0.251 e. The minimum atomic E-state index is -0.0529. The van der Waals surface area contributed by atoms with Crippen LogP contribution in [0.4, 0.5) is 0 Å². The molecule has 0 heterocycles. The van der Waals surface area contributed by atoms with Crippen molar-refractivity contribution in [3.05, 3.63) is 35.4 Å². The lowest BCUT2D eigenvalue weighted by molar-refractivity contribution is 0.0955. The lowest BCUT2D eigenvalue weighted by Crippen LogP contribution is -2.39. The molecule has 1 aromatic rings. The summed E-state index contributed by atoms with van der Waals surface area (Å²) in [6, 6.07) is 7.97. The fourth-order valence-electron chi connectivity index (χ4n) is 2.93. The van der Waals surface area contributed by atoms with Gasteiger partial charge in [-0.25, -0.2) is 4.99 Å². The van der Waals surface area contributed by atoms with E-state index in [-0.39, 0.29) is 5.91 Å². The van der Waals surface area contributed by atoms with Gasteiger partial charge in [-0.05, 0) is 37.5 Å². The van der Waals surface area contributed by atoms with Crippen molar-refractivity contribution in [2.45, 2.75) is 58.0 Å². The normalized spacial score (nSPS) is 16.7. The van der Waals surface area contributed by atoms with Gasteiger partial charge in [-0.2, -0.15) is 0 Å². The molecule has 0 radical (unpaired) electrons. The molecule has 0 bridgehead atoms. The third kappa shape index (κ3) is 5.93. The molecule has 0 unspecified atom stereocenters. The summed E-state index contributed by atoms with van der Waals surface area (Å²) in [6.07, 6.45) is 7.51. The molecule has 0 aliphatic heterocycles. The minimum Gasteiger partial charge on any atom is -0.370 e. The number of benzene rings is 1. The second kappa shape index (κ2) is 9.18. The zero-order valence-corrected chi connectivity index (χ0v) is 14.0. The van der Waals surface area contributed by atoms with Crippen molar-refractivity contribution in [3.8, 4) is 0 Å². The maximum atomic E-state index is 11.8. The highest BCUT2D eigenvalue weighted by Gasteiger charge is 2.12. The first-order chi connectivity index (χ1) is 11.2. The predicted molar refractivity (Wildman–Crippen MR) is 94.4 cm³/mol. The van der Waals surface area contributed by atoms with Crippen LogP contribution in [-0.4, -0.2) is 24.5 Å². The van der Waals surface area contributed by atoms with E-state index in [0.29, 0.717) is 30.7 Å². The van der Waals surface area contributed by atoms with E-state index in [9.17, 15) is 4.79 Å². The average molecular weight is 316 g/mol. The molecular formula is C18H28N4O. The van der Waals surface area contributed by atoms with Crippen LogP contribution in [0.3, 0.4) is 0 Å². The highest BCUT2D eigenvalue weighted by molar-refractivity contribution is 5.94. The van der Waals surface area contributed by atoms with E-state index in [1.807, 2.05) is 31.2 Å². The largest absolute Gasteiger partial charge is 0.370 e. The number of nitrogens with zero attached hydrogens (tertiary/aromatic N) is 1. The zero-order valence-electron chi connectivity index (χ0n) is 14.0. The third-order valence-corrected chi connectivity index (χ3v) is 4.17. The molecular weight excluding hydrogens is 288 g/mol. The van der Waals surface area contributed by atoms with Gasteiger partial charge in [-0.15, -0.1) is 0 Å². The number of carbonyl (C=O) groups excluding carboxylic acids is 1. The zero-order chi connectivity index (χ0) is 16.5. The second-order valence-corrected chi connectivity index (χ2v) is 6.09. The molecule has 1 aromatic carbocycles. The van der Waals surface area contributed by atoms with E-state index in [1.54, 1.807) is 0 Å². The molecule has 126 valence electrons. The van der Waals surface area contributed by atoms with E-state index in [0.717, 1.165) is 5.56 Å². The van der Waals surface area contributed by atoms with Crippen LogP contribution in [-0.2, 0) is 6.54 Å². The monoisotopic (exact) mass is 316 g/mol. The number of hydrogen-bond donors (Lipinski definition) is 3. The van der Waals surface area contributed by atoms with Crippen LogP contribution in [0.1, 0.15) is 61.4 Å². The molecule has 0 spiro atoms. The number of amides is 1. The van der Waals surface area contributed by atoms with Gasteiger partial charge in [0.2, 0.25) is 0 Å². The summed E-state index contributed by atoms with van der Waals surface area (Å²) < 4.78 is 0. The van der Waals surface area contributed by atoms with Gasteiger partial charge in [-0.3, -0.25) is 4.79 Å². The van der Waals surface area contributed by atoms with Gasteiger partial charge in [0, 0.05) is 18.2 Å². The van der Waals surface area contributed by atoms with E-state index < -0.39 is 0 Å². The minimum absolute atomic E-state index is 0.0529. The molecule has 1 fully saturated rings. The summed E-state index contributed by atoms with van der Waals surface area (Å²) in [6.45, 7) is 3.02. The van der Waals surface area contributed by atoms with Gasteiger partial charge in [0.05, 0.1) is 6.54 Å². The lowest BCUT2D eigenvalue weighted by Gasteiger charge is -2.16. The van der Waals surface area contributed by atoms with Crippen molar-refractivity contribution >= 4 is 11.9 Å². The Morgan fingerprint density at radius 2 is 2.00 bits per heavy atom. The Morgan fingerprint density at radius 3 is 2.70 bits per heavy atom. The third-order valence-electron chi connectivity index (χ3n) is 4.17. The smallest absolute Gasteiger partial charge is 0.251 e. The number of rotatable bonds is 5. The molecule has 1 saturated carbocycles. The quantitative estimate of drug-likeness (QED) is 0.444. The van der Waals surface area contributed by atoms with E-state index in [2.05, 4.69) is 15.6 Å². The fourth-order valence-corrected chi connectivity index (χ4v) is 2.93. The van der Waals surface area contributed by atoms with Gasteiger partial charge >= 0.3 is 0 Å². The average Bonchev–Trinajstić information content (AvgIpc) is 2.82. The number of guanidine groups is 1. The van der Waals surface area contributed by atoms with E-state index >= 15 is 0 Å². The van der Waals surface area contributed by atoms with Crippen molar-refractivity contribution in [2.24, 2.45) is 10.7 Å². The number of carbonyl (C=O) groups is 1. The van der Waals surface area contributed by atoms with Crippen LogP contribution < -0.4 is 16.4 Å². The number of nitrogens with two attached hydrogens (primary N) is 1. The van der Waals surface area contributed by atoms with Crippen LogP contribution in [0.15, 0.2) is 29.3 Å². The lowest BCUT2D eigenvalue weighted by atomic mass is 10.1. The molecule has 4 N–H and O–H groups in total. The molecule has 1 aliphatic rings. The Hall–Kier alpha value is -2.04. The van der Waals surface area contributed by atoms with Crippen LogP contribution in [0.25, 0.3) is 0 Å². The van der Waals surface area contributed by atoms with Crippen molar-refractivity contribution < 1.29 is 4.79 Å². The summed E-state index contributed by atoms with van der Waals surface area (Å²) in [7, 11) is 0. The van der Waals surface area contributed by atoms with Crippen molar-refractivity contribution in [1.29, 1.82) is 0 Å². The molecule has 2 rings (SSSR count). The van der Waals surface area contributed by atoms with Crippen molar-refractivity contribution in [3.63, 3.8) is 0 Å². The summed E-state index contributed by atoms with van der Waals surface area (Å²) in [5, 5.41) is 6.14. The molecule has 23 heavy (non-hydrogen) atoms. The number of nitrogens with one attached hydrogen (secondary N) is 2. The van der Waals surface area contributed by atoms with Gasteiger partial charge in [0.15, 0.2) is 5.96 Å². The maximum absolute atomic E-state index is 11.8. The standard InChI is InChI=1S/C18H28N4O/c1-2-20-17(23)15-9-7-8-14(12-15)13-21-18(19)22-16-10-5-3-4-6-11-16/h7-9,12,16H,2-6,10-11,13H2,1H3,(H,20,23)(H3,19,21,22). The SMILES string of the molecule is CCNC(=O)c1cccc(CN=C(N)NC2CCCCCC2)c1. The topological polar surface area (TPSA) is 79.5 Å². The molecule has 0 atom stereocenters. The Labute approximate surface area is 138 Å². The van der Waals surface area contributed by atoms with E-state index in [1.165, 1.54) is 38.5 Å². The Balaban J connectivity index is 1.90. The fraction of sp³-hybridized carbons (Fsp3) is 0.556. The van der Waals surface area contributed by atoms with Gasteiger partial charge in [0.25, 0.3) is 5.91 Å². The molecule has 1 amide bonds. The number of hydrogen-bond acceptors (Lipinski definition) is 2. The van der Waals surface area contributed by atoms with Crippen LogP contribution in [0.5, 0.6) is 0 Å². The summed E-state index contributed by atoms with van der Waals surface area (Å²) >= 11 is 0. The molecule has 1 aliphatic carbocycles.